The molecule has 110 valence electrons. The number of carbonyl (C=O) groups excluding carboxylic acids is 3. The van der Waals surface area contributed by atoms with E-state index in [0.29, 0.717) is 6.42 Å². The Morgan fingerprint density at radius 3 is 2.67 bits per heavy atom. The molecule has 1 aliphatic heterocycles. The van der Waals surface area contributed by atoms with E-state index < -0.39 is 11.9 Å². The number of carbonyl (C=O) groups is 3. The number of hydrogen-bond acceptors (Lipinski definition) is 3. The zero-order valence-corrected chi connectivity index (χ0v) is 11.9. The second-order valence-electron chi connectivity index (χ2n) is 4.94. The third-order valence-corrected chi connectivity index (χ3v) is 3.37. The van der Waals surface area contributed by atoms with E-state index in [4.69, 9.17) is 0 Å². The number of benzene rings is 1. The van der Waals surface area contributed by atoms with Gasteiger partial charge in [0.05, 0.1) is 0 Å². The predicted octanol–water partition coefficient (Wildman–Crippen LogP) is 1.18. The Hall–Kier alpha value is -2.43. The zero-order valence-electron chi connectivity index (χ0n) is 11.9. The molecule has 1 unspecified atom stereocenters. The van der Waals surface area contributed by atoms with Crippen molar-refractivity contribution in [2.45, 2.75) is 32.2 Å². The monoisotopic (exact) mass is 286 g/mol. The lowest BCUT2D eigenvalue weighted by Gasteiger charge is -2.20. The van der Waals surface area contributed by atoms with E-state index >= 15 is 0 Å². The highest BCUT2D eigenvalue weighted by Crippen LogP contribution is 2.07. The standard InChI is InChI=1S/C16H18N2O3/c1-2-11-3-5-12(6-4-11)7-9-14(19)17-13-8-10-15(20)18-16(13)21/h3-7,9,13H,2,8,10H2,1H3,(H,17,19)(H,18,20,21). The van der Waals surface area contributed by atoms with E-state index in [1.807, 2.05) is 24.3 Å². The van der Waals surface area contributed by atoms with Gasteiger partial charge in [-0.15, -0.1) is 0 Å². The molecule has 2 N–H and O–H groups in total. The Kier molecular flexibility index (Phi) is 4.87. The summed E-state index contributed by atoms with van der Waals surface area (Å²) >= 11 is 0. The number of hydrogen-bond donors (Lipinski definition) is 2. The number of amides is 3. The van der Waals surface area contributed by atoms with Gasteiger partial charge in [0.25, 0.3) is 0 Å². The van der Waals surface area contributed by atoms with Crippen LogP contribution in [0.3, 0.4) is 0 Å². The molecule has 1 aromatic rings. The van der Waals surface area contributed by atoms with Gasteiger partial charge in [0.15, 0.2) is 0 Å². The SMILES string of the molecule is CCc1ccc(C=CC(=O)NC2CCC(=O)NC2=O)cc1. The van der Waals surface area contributed by atoms with Crippen molar-refractivity contribution in [1.82, 2.24) is 10.6 Å². The summed E-state index contributed by atoms with van der Waals surface area (Å²) in [5.74, 6) is -1.08. The highest BCUT2D eigenvalue weighted by molar-refractivity contribution is 6.03. The van der Waals surface area contributed by atoms with Crippen LogP contribution in [0.4, 0.5) is 0 Å². The Labute approximate surface area is 123 Å². The maximum Gasteiger partial charge on any atom is 0.249 e. The van der Waals surface area contributed by atoms with Crippen LogP contribution < -0.4 is 10.6 Å². The number of aryl methyl sites for hydroxylation is 1. The van der Waals surface area contributed by atoms with Crippen molar-refractivity contribution >= 4 is 23.8 Å². The Balaban J connectivity index is 1.90. The second kappa shape index (κ2) is 6.83. The van der Waals surface area contributed by atoms with Crippen molar-refractivity contribution < 1.29 is 14.4 Å². The highest BCUT2D eigenvalue weighted by Gasteiger charge is 2.27. The molecular weight excluding hydrogens is 268 g/mol. The van der Waals surface area contributed by atoms with Crippen LogP contribution in [-0.4, -0.2) is 23.8 Å². The number of nitrogens with one attached hydrogen (secondary N) is 2. The van der Waals surface area contributed by atoms with Gasteiger partial charge < -0.3 is 5.32 Å². The largest absolute Gasteiger partial charge is 0.341 e. The first-order valence-electron chi connectivity index (χ1n) is 6.99. The Morgan fingerprint density at radius 2 is 2.05 bits per heavy atom. The molecule has 0 saturated carbocycles. The van der Waals surface area contributed by atoms with Gasteiger partial charge in [-0.1, -0.05) is 31.2 Å². The van der Waals surface area contributed by atoms with E-state index in [2.05, 4.69) is 17.6 Å². The van der Waals surface area contributed by atoms with E-state index in [9.17, 15) is 14.4 Å². The van der Waals surface area contributed by atoms with E-state index in [1.165, 1.54) is 11.6 Å². The molecule has 0 aliphatic carbocycles. The molecule has 1 fully saturated rings. The smallest absolute Gasteiger partial charge is 0.249 e. The van der Waals surface area contributed by atoms with E-state index in [1.54, 1.807) is 6.08 Å². The van der Waals surface area contributed by atoms with Gasteiger partial charge in [-0.05, 0) is 30.0 Å². The molecule has 1 heterocycles. The van der Waals surface area contributed by atoms with Gasteiger partial charge in [0, 0.05) is 12.5 Å². The van der Waals surface area contributed by atoms with Crippen LogP contribution in [0.25, 0.3) is 6.08 Å². The van der Waals surface area contributed by atoms with Crippen molar-refractivity contribution in [3.05, 3.63) is 41.5 Å². The molecule has 1 saturated heterocycles. The van der Waals surface area contributed by atoms with Crippen molar-refractivity contribution in [3.63, 3.8) is 0 Å². The Morgan fingerprint density at radius 1 is 1.33 bits per heavy atom. The lowest BCUT2D eigenvalue weighted by atomic mass is 10.1. The van der Waals surface area contributed by atoms with Gasteiger partial charge in [-0.25, -0.2) is 0 Å². The first-order chi connectivity index (χ1) is 10.1. The maximum atomic E-state index is 11.8. The molecule has 0 aromatic heterocycles. The minimum absolute atomic E-state index is 0.249. The summed E-state index contributed by atoms with van der Waals surface area (Å²) < 4.78 is 0. The number of imide groups is 1. The van der Waals surface area contributed by atoms with Crippen molar-refractivity contribution in [3.8, 4) is 0 Å². The zero-order chi connectivity index (χ0) is 15.2. The number of piperidine rings is 1. The van der Waals surface area contributed by atoms with Crippen LogP contribution in [0, 0.1) is 0 Å². The van der Waals surface area contributed by atoms with Gasteiger partial charge in [-0.3, -0.25) is 19.7 Å². The summed E-state index contributed by atoms with van der Waals surface area (Å²) in [6, 6.07) is 7.26. The molecule has 0 bridgehead atoms. The first kappa shape index (κ1) is 15.0. The van der Waals surface area contributed by atoms with Crippen molar-refractivity contribution in [2.24, 2.45) is 0 Å². The van der Waals surface area contributed by atoms with Gasteiger partial charge >= 0.3 is 0 Å². The molecule has 21 heavy (non-hydrogen) atoms. The average molecular weight is 286 g/mol. The average Bonchev–Trinajstić information content (AvgIpc) is 2.48. The van der Waals surface area contributed by atoms with Gasteiger partial charge in [-0.2, -0.15) is 0 Å². The second-order valence-corrected chi connectivity index (χ2v) is 4.94. The molecule has 1 aromatic carbocycles. The number of rotatable bonds is 4. The van der Waals surface area contributed by atoms with E-state index in [0.717, 1.165) is 12.0 Å². The predicted molar refractivity (Wildman–Crippen MR) is 79.2 cm³/mol. The third-order valence-electron chi connectivity index (χ3n) is 3.37. The first-order valence-corrected chi connectivity index (χ1v) is 6.99. The maximum absolute atomic E-state index is 11.8. The van der Waals surface area contributed by atoms with Gasteiger partial charge in [0.2, 0.25) is 17.7 Å². The molecule has 0 spiro atoms. The quantitative estimate of drug-likeness (QED) is 0.645. The van der Waals surface area contributed by atoms with Crippen LogP contribution in [0.5, 0.6) is 0 Å². The fraction of sp³-hybridized carbons (Fsp3) is 0.312. The highest BCUT2D eigenvalue weighted by atomic mass is 16.2. The van der Waals surface area contributed by atoms with Crippen molar-refractivity contribution in [2.75, 3.05) is 0 Å². The summed E-state index contributed by atoms with van der Waals surface area (Å²) in [4.78, 5) is 34.3. The molecule has 5 nitrogen and oxygen atoms in total. The molecule has 5 heteroatoms. The van der Waals surface area contributed by atoms with Crippen LogP contribution in [0.2, 0.25) is 0 Å². The normalized spacial score (nSPS) is 18.6. The van der Waals surface area contributed by atoms with Crippen molar-refractivity contribution in [1.29, 1.82) is 0 Å². The summed E-state index contributed by atoms with van der Waals surface area (Å²) in [5, 5.41) is 4.80. The summed E-state index contributed by atoms with van der Waals surface area (Å²) in [6.45, 7) is 2.08. The molecule has 1 aliphatic rings. The third kappa shape index (κ3) is 4.27. The Bertz CT molecular complexity index is 576. The molecule has 3 amide bonds. The molecule has 0 radical (unpaired) electrons. The summed E-state index contributed by atoms with van der Waals surface area (Å²) in [6.07, 6.45) is 4.65. The lowest BCUT2D eigenvalue weighted by molar-refractivity contribution is -0.136. The summed E-state index contributed by atoms with van der Waals surface area (Å²) in [7, 11) is 0. The fourth-order valence-electron chi connectivity index (χ4n) is 2.09. The molecule has 1 atom stereocenters. The topological polar surface area (TPSA) is 75.3 Å². The molecular formula is C16H18N2O3. The van der Waals surface area contributed by atoms with Crippen LogP contribution in [0.15, 0.2) is 30.3 Å². The fourth-order valence-corrected chi connectivity index (χ4v) is 2.09. The lowest BCUT2D eigenvalue weighted by Crippen LogP contribution is -2.51. The molecule has 2 rings (SSSR count). The van der Waals surface area contributed by atoms with E-state index in [-0.39, 0.29) is 18.2 Å². The van der Waals surface area contributed by atoms with Gasteiger partial charge in [0.1, 0.15) is 6.04 Å². The minimum Gasteiger partial charge on any atom is -0.341 e. The van der Waals surface area contributed by atoms with Crippen LogP contribution in [-0.2, 0) is 20.8 Å². The minimum atomic E-state index is -0.637. The van der Waals surface area contributed by atoms with Crippen LogP contribution >= 0.6 is 0 Å². The van der Waals surface area contributed by atoms with Crippen LogP contribution in [0.1, 0.15) is 30.9 Å². The summed E-state index contributed by atoms with van der Waals surface area (Å²) in [5.41, 5.74) is 2.16.